The van der Waals surface area contributed by atoms with Crippen LogP contribution in [0.4, 0.5) is 4.39 Å². The lowest BCUT2D eigenvalue weighted by Crippen LogP contribution is -2.13. The minimum atomic E-state index is -0.236. The van der Waals surface area contributed by atoms with Crippen LogP contribution in [0.3, 0.4) is 0 Å². The fraction of sp³-hybridized carbons (Fsp3) is 0.200. The minimum Gasteiger partial charge on any atom is -0.313 e. The van der Waals surface area contributed by atoms with Crippen LogP contribution >= 0.6 is 35.0 Å². The third-order valence-electron chi connectivity index (χ3n) is 2.99. The van der Waals surface area contributed by atoms with Crippen LogP contribution in [0.2, 0.25) is 10.0 Å². The van der Waals surface area contributed by atoms with Gasteiger partial charge in [-0.05, 0) is 55.9 Å². The highest BCUT2D eigenvalue weighted by molar-refractivity contribution is 7.99. The van der Waals surface area contributed by atoms with Crippen molar-refractivity contribution >= 4 is 35.0 Å². The van der Waals surface area contributed by atoms with Crippen molar-refractivity contribution in [1.29, 1.82) is 0 Å². The lowest BCUT2D eigenvalue weighted by Gasteiger charge is -2.15. The normalized spacial score (nSPS) is 12.4. The molecule has 0 saturated heterocycles. The highest BCUT2D eigenvalue weighted by atomic mass is 35.5. The standard InChI is InChI=1S/C15H14Cl2FNS/c1-9(19-2)12-7-10(18)3-6-15(12)20-11-4-5-13(16)14(17)8-11/h3-9,19H,1-2H3. The molecular weight excluding hydrogens is 316 g/mol. The summed E-state index contributed by atoms with van der Waals surface area (Å²) in [5.74, 6) is -0.236. The van der Waals surface area contributed by atoms with Crippen molar-refractivity contribution in [2.45, 2.75) is 22.8 Å². The topological polar surface area (TPSA) is 12.0 Å². The van der Waals surface area contributed by atoms with Crippen molar-refractivity contribution in [1.82, 2.24) is 5.32 Å². The highest BCUT2D eigenvalue weighted by Gasteiger charge is 2.12. The first-order chi connectivity index (χ1) is 9.51. The van der Waals surface area contributed by atoms with E-state index in [0.717, 1.165) is 15.4 Å². The van der Waals surface area contributed by atoms with Crippen molar-refractivity contribution in [2.24, 2.45) is 0 Å². The van der Waals surface area contributed by atoms with Gasteiger partial charge in [-0.25, -0.2) is 4.39 Å². The van der Waals surface area contributed by atoms with Gasteiger partial charge in [0.2, 0.25) is 0 Å². The lowest BCUT2D eigenvalue weighted by molar-refractivity contribution is 0.601. The van der Waals surface area contributed by atoms with Crippen LogP contribution < -0.4 is 5.32 Å². The molecule has 0 amide bonds. The molecule has 0 fully saturated rings. The van der Waals surface area contributed by atoms with E-state index in [1.54, 1.807) is 18.2 Å². The first-order valence-corrected chi connectivity index (χ1v) is 7.68. The second kappa shape index (κ2) is 6.81. The Morgan fingerprint density at radius 3 is 2.50 bits per heavy atom. The molecule has 2 rings (SSSR count). The summed E-state index contributed by atoms with van der Waals surface area (Å²) in [6, 6.07) is 10.3. The Labute approximate surface area is 132 Å². The Morgan fingerprint density at radius 2 is 1.85 bits per heavy atom. The minimum absolute atomic E-state index is 0.0657. The van der Waals surface area contributed by atoms with Gasteiger partial charge in [0.25, 0.3) is 0 Å². The van der Waals surface area contributed by atoms with Crippen molar-refractivity contribution in [3.05, 3.63) is 57.8 Å². The molecule has 0 aliphatic carbocycles. The first kappa shape index (κ1) is 15.6. The van der Waals surface area contributed by atoms with Gasteiger partial charge in [0.15, 0.2) is 0 Å². The summed E-state index contributed by atoms with van der Waals surface area (Å²) in [4.78, 5) is 1.96. The van der Waals surface area contributed by atoms with Crippen molar-refractivity contribution < 1.29 is 4.39 Å². The van der Waals surface area contributed by atoms with Crippen LogP contribution in [0.15, 0.2) is 46.2 Å². The van der Waals surface area contributed by atoms with E-state index in [9.17, 15) is 4.39 Å². The second-order valence-corrected chi connectivity index (χ2v) is 6.30. The Morgan fingerprint density at radius 1 is 1.10 bits per heavy atom. The van der Waals surface area contributed by atoms with Gasteiger partial charge in [-0.1, -0.05) is 35.0 Å². The zero-order valence-corrected chi connectivity index (χ0v) is 13.4. The van der Waals surface area contributed by atoms with Crippen molar-refractivity contribution in [3.63, 3.8) is 0 Å². The predicted octanol–water partition coefficient (Wildman–Crippen LogP) is 5.56. The third kappa shape index (κ3) is 3.67. The number of benzene rings is 2. The average molecular weight is 330 g/mol. The Hall–Kier alpha value is -0.740. The fourth-order valence-electron chi connectivity index (χ4n) is 1.77. The van der Waals surface area contributed by atoms with E-state index in [1.165, 1.54) is 17.8 Å². The quantitative estimate of drug-likeness (QED) is 0.787. The third-order valence-corrected chi connectivity index (χ3v) is 4.81. The molecule has 0 aromatic heterocycles. The number of hydrogen-bond donors (Lipinski definition) is 1. The van der Waals surface area contributed by atoms with E-state index >= 15 is 0 Å². The zero-order chi connectivity index (χ0) is 14.7. The molecule has 1 N–H and O–H groups in total. The molecular formula is C15H14Cl2FNS. The van der Waals surface area contributed by atoms with Crippen LogP contribution in [0.25, 0.3) is 0 Å². The SMILES string of the molecule is CNC(C)c1cc(F)ccc1Sc1ccc(Cl)c(Cl)c1. The van der Waals surface area contributed by atoms with E-state index in [2.05, 4.69) is 5.32 Å². The molecule has 20 heavy (non-hydrogen) atoms. The van der Waals surface area contributed by atoms with Gasteiger partial charge in [-0.3, -0.25) is 0 Å². The van der Waals surface area contributed by atoms with Crippen LogP contribution in [-0.4, -0.2) is 7.05 Å². The molecule has 0 radical (unpaired) electrons. The zero-order valence-electron chi connectivity index (χ0n) is 11.1. The van der Waals surface area contributed by atoms with Crippen LogP contribution in [0.1, 0.15) is 18.5 Å². The maximum Gasteiger partial charge on any atom is 0.123 e. The molecule has 5 heteroatoms. The molecule has 0 bridgehead atoms. The summed E-state index contributed by atoms with van der Waals surface area (Å²) < 4.78 is 13.4. The summed E-state index contributed by atoms with van der Waals surface area (Å²) in [7, 11) is 1.85. The maximum atomic E-state index is 13.4. The molecule has 1 nitrogen and oxygen atoms in total. The fourth-order valence-corrected chi connectivity index (χ4v) is 3.19. The molecule has 2 aromatic rings. The molecule has 1 unspecified atom stereocenters. The largest absolute Gasteiger partial charge is 0.313 e. The van der Waals surface area contributed by atoms with Gasteiger partial charge < -0.3 is 5.32 Å². The summed E-state index contributed by atoms with van der Waals surface area (Å²) in [6.07, 6.45) is 0. The van der Waals surface area contributed by atoms with Gasteiger partial charge in [0, 0.05) is 15.8 Å². The van der Waals surface area contributed by atoms with E-state index in [1.807, 2.05) is 26.1 Å². The van der Waals surface area contributed by atoms with E-state index < -0.39 is 0 Å². The first-order valence-electron chi connectivity index (χ1n) is 6.11. The van der Waals surface area contributed by atoms with Gasteiger partial charge in [0.05, 0.1) is 10.0 Å². The molecule has 0 heterocycles. The Kier molecular flexibility index (Phi) is 5.33. The summed E-state index contributed by atoms with van der Waals surface area (Å²) >= 11 is 13.5. The van der Waals surface area contributed by atoms with Gasteiger partial charge in [0.1, 0.15) is 5.82 Å². The number of nitrogens with one attached hydrogen (secondary N) is 1. The molecule has 0 aliphatic rings. The van der Waals surface area contributed by atoms with E-state index in [0.29, 0.717) is 10.0 Å². The van der Waals surface area contributed by atoms with Crippen LogP contribution in [-0.2, 0) is 0 Å². The maximum absolute atomic E-state index is 13.4. The lowest BCUT2D eigenvalue weighted by atomic mass is 10.1. The van der Waals surface area contributed by atoms with Gasteiger partial charge >= 0.3 is 0 Å². The Bertz CT molecular complexity index is 619. The monoisotopic (exact) mass is 329 g/mol. The summed E-state index contributed by atoms with van der Waals surface area (Å²) in [5.41, 5.74) is 0.920. The van der Waals surface area contributed by atoms with E-state index in [-0.39, 0.29) is 11.9 Å². The van der Waals surface area contributed by atoms with E-state index in [4.69, 9.17) is 23.2 Å². The molecule has 0 spiro atoms. The summed E-state index contributed by atoms with van der Waals surface area (Å²) in [5, 5.41) is 4.17. The number of rotatable bonds is 4. The molecule has 1 atom stereocenters. The highest BCUT2D eigenvalue weighted by Crippen LogP contribution is 2.36. The van der Waals surface area contributed by atoms with Crippen LogP contribution in [0, 0.1) is 5.82 Å². The smallest absolute Gasteiger partial charge is 0.123 e. The Balaban J connectivity index is 2.35. The predicted molar refractivity (Wildman–Crippen MR) is 84.5 cm³/mol. The average Bonchev–Trinajstić information content (AvgIpc) is 2.44. The number of hydrogen-bond acceptors (Lipinski definition) is 2. The van der Waals surface area contributed by atoms with Crippen molar-refractivity contribution in [2.75, 3.05) is 7.05 Å². The van der Waals surface area contributed by atoms with Gasteiger partial charge in [-0.2, -0.15) is 0 Å². The molecule has 2 aromatic carbocycles. The summed E-state index contributed by atoms with van der Waals surface area (Å²) in [6.45, 7) is 1.99. The molecule has 106 valence electrons. The van der Waals surface area contributed by atoms with Crippen molar-refractivity contribution in [3.8, 4) is 0 Å². The molecule has 0 saturated carbocycles. The molecule has 0 aliphatic heterocycles. The van der Waals surface area contributed by atoms with Crippen LogP contribution in [0.5, 0.6) is 0 Å². The second-order valence-electron chi connectivity index (χ2n) is 4.37. The van der Waals surface area contributed by atoms with Gasteiger partial charge in [-0.15, -0.1) is 0 Å². The number of halogens is 3.